The third kappa shape index (κ3) is 2.79. The molecule has 1 aromatic heterocycles. The van der Waals surface area contributed by atoms with Crippen molar-refractivity contribution >= 4 is 11.6 Å². The molecule has 2 N–H and O–H groups in total. The number of nitrogens with one attached hydrogen (secondary N) is 2. The Hall–Kier alpha value is -1.42. The van der Waals surface area contributed by atoms with Crippen LogP contribution in [0.1, 0.15) is 19.8 Å². The first-order chi connectivity index (χ1) is 7.75. The van der Waals surface area contributed by atoms with Gasteiger partial charge in [0.05, 0.1) is 11.9 Å². The van der Waals surface area contributed by atoms with Crippen LogP contribution in [0.2, 0.25) is 0 Å². The minimum absolute atomic E-state index is 0.112. The van der Waals surface area contributed by atoms with Crippen molar-refractivity contribution in [2.75, 3.05) is 11.9 Å². The Labute approximate surface area is 95.5 Å². The molecule has 1 fully saturated rings. The molecular weight excluding hydrogens is 202 g/mol. The molecule has 0 aliphatic carbocycles. The number of nitrogens with zero attached hydrogens (tertiary/aromatic N) is 1. The molecule has 0 bridgehead atoms. The van der Waals surface area contributed by atoms with Gasteiger partial charge in [-0.2, -0.15) is 0 Å². The Morgan fingerprint density at radius 2 is 2.50 bits per heavy atom. The number of aromatic nitrogens is 1. The number of anilines is 1. The Balaban J connectivity index is 1.93. The first-order valence-electron chi connectivity index (χ1n) is 5.70. The Morgan fingerprint density at radius 3 is 3.19 bits per heavy atom. The van der Waals surface area contributed by atoms with E-state index in [1.807, 2.05) is 12.1 Å². The summed E-state index contributed by atoms with van der Waals surface area (Å²) in [4.78, 5) is 15.9. The second-order valence-corrected chi connectivity index (χ2v) is 4.31. The first-order valence-corrected chi connectivity index (χ1v) is 5.70. The molecule has 1 saturated heterocycles. The van der Waals surface area contributed by atoms with Crippen molar-refractivity contribution in [1.82, 2.24) is 10.3 Å². The molecule has 0 spiro atoms. The van der Waals surface area contributed by atoms with E-state index in [0.29, 0.717) is 6.04 Å². The molecule has 4 nitrogen and oxygen atoms in total. The number of hydrogen-bond donors (Lipinski definition) is 2. The molecule has 16 heavy (non-hydrogen) atoms. The normalized spacial score (nSPS) is 25.1. The van der Waals surface area contributed by atoms with Gasteiger partial charge in [-0.1, -0.05) is 0 Å². The van der Waals surface area contributed by atoms with E-state index in [2.05, 4.69) is 22.5 Å². The van der Waals surface area contributed by atoms with E-state index >= 15 is 0 Å². The van der Waals surface area contributed by atoms with Gasteiger partial charge >= 0.3 is 0 Å². The fraction of sp³-hybridized carbons (Fsp3) is 0.500. The van der Waals surface area contributed by atoms with Gasteiger partial charge in [-0.05, 0) is 38.4 Å². The van der Waals surface area contributed by atoms with Crippen LogP contribution in [-0.2, 0) is 4.79 Å². The molecule has 1 aliphatic heterocycles. The van der Waals surface area contributed by atoms with Crippen molar-refractivity contribution in [3.05, 3.63) is 24.5 Å². The maximum absolute atomic E-state index is 11.9. The summed E-state index contributed by atoms with van der Waals surface area (Å²) in [5.41, 5.74) is 0.777. The molecule has 4 heteroatoms. The Morgan fingerprint density at radius 1 is 1.62 bits per heavy atom. The summed E-state index contributed by atoms with van der Waals surface area (Å²) in [6.07, 6.45) is 5.19. The van der Waals surface area contributed by atoms with E-state index in [9.17, 15) is 4.79 Å². The molecule has 0 aromatic carbocycles. The molecule has 86 valence electrons. The van der Waals surface area contributed by atoms with Crippen LogP contribution in [0.15, 0.2) is 24.5 Å². The van der Waals surface area contributed by atoms with Crippen molar-refractivity contribution in [2.45, 2.75) is 25.8 Å². The maximum Gasteiger partial charge on any atom is 0.227 e. The van der Waals surface area contributed by atoms with Gasteiger partial charge in [0, 0.05) is 18.2 Å². The number of pyridine rings is 1. The van der Waals surface area contributed by atoms with Gasteiger partial charge in [-0.15, -0.1) is 0 Å². The van der Waals surface area contributed by atoms with Gasteiger partial charge in [0.1, 0.15) is 0 Å². The highest BCUT2D eigenvalue weighted by Crippen LogP contribution is 2.18. The third-order valence-electron chi connectivity index (χ3n) is 2.92. The standard InChI is InChI=1S/C12H17N3O/c1-9-7-10(4-6-14-9)12(16)15-11-3-2-5-13-8-11/h2-3,5,8-10,14H,4,6-7H2,1H3,(H,15,16). The van der Waals surface area contributed by atoms with E-state index in [0.717, 1.165) is 25.1 Å². The number of rotatable bonds is 2. The van der Waals surface area contributed by atoms with E-state index in [4.69, 9.17) is 0 Å². The minimum Gasteiger partial charge on any atom is -0.324 e. The van der Waals surface area contributed by atoms with Gasteiger partial charge in [0.15, 0.2) is 0 Å². The number of amides is 1. The molecule has 1 aliphatic rings. The largest absolute Gasteiger partial charge is 0.324 e. The van der Waals surface area contributed by atoms with Crippen LogP contribution in [0.4, 0.5) is 5.69 Å². The SMILES string of the molecule is CC1CC(C(=O)Nc2cccnc2)CCN1. The molecular formula is C12H17N3O. The average molecular weight is 219 g/mol. The van der Waals surface area contributed by atoms with Crippen LogP contribution in [0.25, 0.3) is 0 Å². The van der Waals surface area contributed by atoms with Crippen LogP contribution in [0.3, 0.4) is 0 Å². The fourth-order valence-corrected chi connectivity index (χ4v) is 2.05. The van der Waals surface area contributed by atoms with Crippen LogP contribution in [0.5, 0.6) is 0 Å². The smallest absolute Gasteiger partial charge is 0.227 e. The van der Waals surface area contributed by atoms with Gasteiger partial charge in [-0.3, -0.25) is 9.78 Å². The summed E-state index contributed by atoms with van der Waals surface area (Å²) >= 11 is 0. The van der Waals surface area contributed by atoms with Crippen LogP contribution in [0, 0.1) is 5.92 Å². The van der Waals surface area contributed by atoms with Gasteiger partial charge in [0.2, 0.25) is 5.91 Å². The van der Waals surface area contributed by atoms with Gasteiger partial charge < -0.3 is 10.6 Å². The number of piperidine rings is 1. The van der Waals surface area contributed by atoms with Crippen molar-refractivity contribution in [2.24, 2.45) is 5.92 Å². The molecule has 2 rings (SSSR count). The summed E-state index contributed by atoms with van der Waals surface area (Å²) in [6.45, 7) is 3.04. The van der Waals surface area contributed by atoms with Crippen LogP contribution in [-0.4, -0.2) is 23.5 Å². The van der Waals surface area contributed by atoms with E-state index in [-0.39, 0.29) is 11.8 Å². The van der Waals surface area contributed by atoms with Crippen molar-refractivity contribution in [3.63, 3.8) is 0 Å². The average Bonchev–Trinajstić information content (AvgIpc) is 2.30. The maximum atomic E-state index is 11.9. The fourth-order valence-electron chi connectivity index (χ4n) is 2.05. The highest BCUT2D eigenvalue weighted by atomic mass is 16.1. The van der Waals surface area contributed by atoms with E-state index in [1.54, 1.807) is 12.4 Å². The summed E-state index contributed by atoms with van der Waals surface area (Å²) in [5.74, 6) is 0.234. The lowest BCUT2D eigenvalue weighted by Gasteiger charge is -2.27. The highest BCUT2D eigenvalue weighted by Gasteiger charge is 2.24. The lowest BCUT2D eigenvalue weighted by molar-refractivity contribution is -0.120. The number of carbonyl (C=O) groups is 1. The molecule has 2 heterocycles. The van der Waals surface area contributed by atoms with Gasteiger partial charge in [0.25, 0.3) is 0 Å². The summed E-state index contributed by atoms with van der Waals surface area (Å²) < 4.78 is 0. The van der Waals surface area contributed by atoms with Crippen LogP contribution < -0.4 is 10.6 Å². The monoisotopic (exact) mass is 219 g/mol. The highest BCUT2D eigenvalue weighted by molar-refractivity contribution is 5.92. The van der Waals surface area contributed by atoms with Crippen molar-refractivity contribution in [1.29, 1.82) is 0 Å². The number of hydrogen-bond acceptors (Lipinski definition) is 3. The minimum atomic E-state index is 0.112. The van der Waals surface area contributed by atoms with Gasteiger partial charge in [-0.25, -0.2) is 0 Å². The molecule has 0 radical (unpaired) electrons. The Kier molecular flexibility index (Phi) is 3.51. The van der Waals surface area contributed by atoms with E-state index in [1.165, 1.54) is 0 Å². The second-order valence-electron chi connectivity index (χ2n) is 4.31. The zero-order valence-corrected chi connectivity index (χ0v) is 9.44. The van der Waals surface area contributed by atoms with Crippen molar-refractivity contribution < 1.29 is 4.79 Å². The molecule has 2 unspecified atom stereocenters. The predicted octanol–water partition coefficient (Wildman–Crippen LogP) is 1.41. The second kappa shape index (κ2) is 5.07. The third-order valence-corrected chi connectivity index (χ3v) is 2.92. The molecule has 2 atom stereocenters. The molecule has 1 aromatic rings. The lowest BCUT2D eigenvalue weighted by atomic mass is 9.92. The Bertz CT molecular complexity index is 353. The number of carbonyl (C=O) groups excluding carboxylic acids is 1. The lowest BCUT2D eigenvalue weighted by Crippen LogP contribution is -2.40. The molecule has 1 amide bonds. The molecule has 0 saturated carbocycles. The zero-order chi connectivity index (χ0) is 11.4. The summed E-state index contributed by atoms with van der Waals surface area (Å²) in [5, 5.41) is 6.24. The predicted molar refractivity (Wildman–Crippen MR) is 63.1 cm³/mol. The van der Waals surface area contributed by atoms with Crippen LogP contribution >= 0.6 is 0 Å². The quantitative estimate of drug-likeness (QED) is 0.790. The topological polar surface area (TPSA) is 54.0 Å². The first kappa shape index (κ1) is 11.1. The summed E-state index contributed by atoms with van der Waals surface area (Å²) in [7, 11) is 0. The van der Waals surface area contributed by atoms with E-state index < -0.39 is 0 Å². The zero-order valence-electron chi connectivity index (χ0n) is 9.44. The summed E-state index contributed by atoms with van der Waals surface area (Å²) in [6, 6.07) is 4.11. The van der Waals surface area contributed by atoms with Crippen molar-refractivity contribution in [3.8, 4) is 0 Å².